The molecule has 0 spiro atoms. The molecule has 3 N–H and O–H groups in total. The summed E-state index contributed by atoms with van der Waals surface area (Å²) in [6.07, 6.45) is 11.3. The zero-order chi connectivity index (χ0) is 26.2. The van der Waals surface area contributed by atoms with Crippen molar-refractivity contribution in [3.63, 3.8) is 0 Å². The lowest BCUT2D eigenvalue weighted by Crippen LogP contribution is -2.47. The van der Waals surface area contributed by atoms with Gasteiger partial charge in [-0.15, -0.1) is 0 Å². The minimum absolute atomic E-state index is 0.0325. The summed E-state index contributed by atoms with van der Waals surface area (Å²) in [7, 11) is 0. The first-order valence-corrected chi connectivity index (χ1v) is 14.7. The lowest BCUT2D eigenvalue weighted by atomic mass is 9.95. The molecule has 2 aromatic rings. The molecule has 0 unspecified atom stereocenters. The Morgan fingerprint density at radius 2 is 1.37 bits per heavy atom. The number of amides is 3. The van der Waals surface area contributed by atoms with Crippen molar-refractivity contribution in [2.45, 2.75) is 82.8 Å². The molecule has 3 amide bonds. The fourth-order valence-electron chi connectivity index (χ4n) is 6.17. The van der Waals surface area contributed by atoms with Gasteiger partial charge in [-0.25, -0.2) is 4.79 Å². The van der Waals surface area contributed by atoms with Crippen LogP contribution in [0.3, 0.4) is 0 Å². The highest BCUT2D eigenvalue weighted by Crippen LogP contribution is 2.27. The molecule has 0 bridgehead atoms. The highest BCUT2D eigenvalue weighted by molar-refractivity contribution is 6.02. The molecule has 3 fully saturated rings. The maximum atomic E-state index is 13.6. The van der Waals surface area contributed by atoms with Crippen LogP contribution < -0.4 is 20.9 Å². The highest BCUT2D eigenvalue weighted by Gasteiger charge is 2.25. The number of nitrogens with zero attached hydrogens (tertiary/aromatic N) is 2. The zero-order valence-electron chi connectivity index (χ0n) is 22.6. The lowest BCUT2D eigenvalue weighted by Gasteiger charge is -2.37. The van der Waals surface area contributed by atoms with Gasteiger partial charge in [-0.1, -0.05) is 68.9 Å². The second-order valence-electron chi connectivity index (χ2n) is 11.2. The predicted molar refractivity (Wildman–Crippen MR) is 154 cm³/mol. The molecule has 0 atom stereocenters. The summed E-state index contributed by atoms with van der Waals surface area (Å²) in [5.41, 5.74) is 3.60. The van der Waals surface area contributed by atoms with E-state index in [0.29, 0.717) is 11.3 Å². The first-order chi connectivity index (χ1) is 18.6. The maximum Gasteiger partial charge on any atom is 0.319 e. The standard InChI is InChI=1S/C31H43N5O2/c37-30(32-25-12-6-2-7-13-25)28-22-27(34-31(38)33-26-14-8-3-9-15-26)16-17-29(28)36-20-18-35(19-21-36)23-24-10-4-1-5-11-24/h1,4-5,10-11,16-17,22,25-26H,2-3,6-9,12-15,18-21,23H2,(H,32,37)(H2,33,34,38). The van der Waals surface area contributed by atoms with Gasteiger partial charge in [0.05, 0.1) is 5.56 Å². The molecule has 7 heteroatoms. The second-order valence-corrected chi connectivity index (χ2v) is 11.2. The SMILES string of the molecule is O=C(Nc1ccc(N2CCN(Cc3ccccc3)CC2)c(C(=O)NC2CCCCC2)c1)NC1CCCCC1. The molecular weight excluding hydrogens is 474 g/mol. The van der Waals surface area contributed by atoms with Crippen molar-refractivity contribution in [1.82, 2.24) is 15.5 Å². The van der Waals surface area contributed by atoms with Crippen molar-refractivity contribution in [3.8, 4) is 0 Å². The number of piperazine rings is 1. The van der Waals surface area contributed by atoms with E-state index in [1.54, 1.807) is 0 Å². The molecule has 0 aromatic heterocycles. The van der Waals surface area contributed by atoms with Gasteiger partial charge in [0, 0.05) is 56.2 Å². The van der Waals surface area contributed by atoms with E-state index < -0.39 is 0 Å². The van der Waals surface area contributed by atoms with E-state index in [-0.39, 0.29) is 24.0 Å². The first kappa shape index (κ1) is 26.5. The van der Waals surface area contributed by atoms with Crippen LogP contribution in [0.2, 0.25) is 0 Å². The Bertz CT molecular complexity index is 1060. The Morgan fingerprint density at radius 3 is 2.03 bits per heavy atom. The summed E-state index contributed by atoms with van der Waals surface area (Å²) in [5, 5.41) is 9.41. The number of hydrogen-bond donors (Lipinski definition) is 3. The number of benzene rings is 2. The first-order valence-electron chi connectivity index (χ1n) is 14.7. The predicted octanol–water partition coefficient (Wildman–Crippen LogP) is 5.53. The Kier molecular flexibility index (Phi) is 9.18. The maximum absolute atomic E-state index is 13.6. The number of hydrogen-bond acceptors (Lipinski definition) is 4. The van der Waals surface area contributed by atoms with Crippen LogP contribution in [-0.4, -0.2) is 55.1 Å². The average molecular weight is 518 g/mol. The molecule has 38 heavy (non-hydrogen) atoms. The van der Waals surface area contributed by atoms with E-state index in [9.17, 15) is 9.59 Å². The second kappa shape index (κ2) is 13.1. The van der Waals surface area contributed by atoms with Crippen molar-refractivity contribution < 1.29 is 9.59 Å². The van der Waals surface area contributed by atoms with Crippen LogP contribution in [0.15, 0.2) is 48.5 Å². The van der Waals surface area contributed by atoms with Gasteiger partial charge in [0.1, 0.15) is 0 Å². The molecule has 1 saturated heterocycles. The van der Waals surface area contributed by atoms with Crippen LogP contribution in [-0.2, 0) is 6.54 Å². The smallest absolute Gasteiger partial charge is 0.319 e. The summed E-state index contributed by atoms with van der Waals surface area (Å²) < 4.78 is 0. The normalized spacial score (nSPS) is 19.6. The van der Waals surface area contributed by atoms with Gasteiger partial charge in [-0.05, 0) is 49.4 Å². The van der Waals surface area contributed by atoms with E-state index in [2.05, 4.69) is 56.1 Å². The third-order valence-electron chi connectivity index (χ3n) is 8.34. The lowest BCUT2D eigenvalue weighted by molar-refractivity contribution is 0.0928. The number of urea groups is 1. The van der Waals surface area contributed by atoms with E-state index in [1.165, 1.54) is 44.1 Å². The van der Waals surface area contributed by atoms with E-state index >= 15 is 0 Å². The van der Waals surface area contributed by atoms with Crippen LogP contribution in [0.25, 0.3) is 0 Å². The van der Waals surface area contributed by atoms with Crippen LogP contribution in [0.4, 0.5) is 16.2 Å². The van der Waals surface area contributed by atoms with E-state index in [4.69, 9.17) is 0 Å². The van der Waals surface area contributed by atoms with Crippen molar-refractivity contribution in [1.29, 1.82) is 0 Å². The van der Waals surface area contributed by atoms with Crippen molar-refractivity contribution in [2.75, 3.05) is 36.4 Å². The number of rotatable bonds is 7. The Balaban J connectivity index is 1.27. The molecule has 2 aromatic carbocycles. The third kappa shape index (κ3) is 7.28. The summed E-state index contributed by atoms with van der Waals surface area (Å²) >= 11 is 0. The number of nitrogens with one attached hydrogen (secondary N) is 3. The summed E-state index contributed by atoms with van der Waals surface area (Å²) in [6, 6.07) is 16.7. The minimum Gasteiger partial charge on any atom is -0.368 e. The van der Waals surface area contributed by atoms with Gasteiger partial charge in [0.2, 0.25) is 0 Å². The topological polar surface area (TPSA) is 76.7 Å². The molecule has 2 saturated carbocycles. The van der Waals surface area contributed by atoms with E-state index in [1.807, 2.05) is 18.2 Å². The Morgan fingerprint density at radius 1 is 0.737 bits per heavy atom. The summed E-state index contributed by atoms with van der Waals surface area (Å²) in [4.78, 5) is 31.1. The van der Waals surface area contributed by atoms with Gasteiger partial charge in [0.25, 0.3) is 5.91 Å². The zero-order valence-corrected chi connectivity index (χ0v) is 22.6. The number of carbonyl (C=O) groups excluding carboxylic acids is 2. The number of anilines is 2. The molecule has 204 valence electrons. The molecule has 1 aliphatic heterocycles. The quantitative estimate of drug-likeness (QED) is 0.452. The fourth-order valence-corrected chi connectivity index (χ4v) is 6.17. The van der Waals surface area contributed by atoms with Gasteiger partial charge < -0.3 is 20.9 Å². The molecule has 7 nitrogen and oxygen atoms in total. The van der Waals surface area contributed by atoms with E-state index in [0.717, 1.165) is 64.1 Å². The fraction of sp³-hybridized carbons (Fsp3) is 0.548. The van der Waals surface area contributed by atoms with Crippen LogP contribution in [0.1, 0.15) is 80.1 Å². The van der Waals surface area contributed by atoms with Crippen LogP contribution >= 0.6 is 0 Å². The molecule has 1 heterocycles. The van der Waals surface area contributed by atoms with Crippen LogP contribution in [0.5, 0.6) is 0 Å². The molecule has 5 rings (SSSR count). The van der Waals surface area contributed by atoms with Gasteiger partial charge >= 0.3 is 6.03 Å². The Hall–Kier alpha value is -3.06. The molecule has 2 aliphatic carbocycles. The molecule has 0 radical (unpaired) electrons. The summed E-state index contributed by atoms with van der Waals surface area (Å²) in [6.45, 7) is 4.57. The number of carbonyl (C=O) groups is 2. The van der Waals surface area contributed by atoms with Crippen molar-refractivity contribution >= 4 is 23.3 Å². The third-order valence-corrected chi connectivity index (χ3v) is 8.34. The van der Waals surface area contributed by atoms with Gasteiger partial charge in [0.15, 0.2) is 0 Å². The van der Waals surface area contributed by atoms with Gasteiger partial charge in [-0.2, -0.15) is 0 Å². The van der Waals surface area contributed by atoms with Crippen molar-refractivity contribution in [2.24, 2.45) is 0 Å². The van der Waals surface area contributed by atoms with Crippen molar-refractivity contribution in [3.05, 3.63) is 59.7 Å². The van der Waals surface area contributed by atoms with Gasteiger partial charge in [-0.3, -0.25) is 9.69 Å². The van der Waals surface area contributed by atoms with Crippen LogP contribution in [0, 0.1) is 0 Å². The molecular formula is C31H43N5O2. The summed E-state index contributed by atoms with van der Waals surface area (Å²) in [5.74, 6) is -0.0325. The average Bonchev–Trinajstić information content (AvgIpc) is 2.95. The minimum atomic E-state index is -0.183. The Labute approximate surface area is 227 Å². The highest BCUT2D eigenvalue weighted by atomic mass is 16.2. The largest absolute Gasteiger partial charge is 0.368 e. The molecule has 3 aliphatic rings. The monoisotopic (exact) mass is 517 g/mol.